The van der Waals surface area contributed by atoms with Crippen molar-refractivity contribution in [3.8, 4) is 0 Å². The third-order valence-corrected chi connectivity index (χ3v) is 4.51. The van der Waals surface area contributed by atoms with Crippen molar-refractivity contribution >= 4 is 35.2 Å². The average Bonchev–Trinajstić information content (AvgIpc) is 2.90. The van der Waals surface area contributed by atoms with Gasteiger partial charge in [-0.3, -0.25) is 9.59 Å². The van der Waals surface area contributed by atoms with E-state index in [4.69, 9.17) is 0 Å². The van der Waals surface area contributed by atoms with Gasteiger partial charge in [-0.1, -0.05) is 0 Å². The molecule has 1 aliphatic rings. The highest BCUT2D eigenvalue weighted by molar-refractivity contribution is 7.99. The molecule has 0 spiro atoms. The van der Waals surface area contributed by atoms with Crippen molar-refractivity contribution < 1.29 is 23.9 Å². The number of carboxylic acids is 1. The van der Waals surface area contributed by atoms with Crippen molar-refractivity contribution in [3.05, 3.63) is 29.6 Å². The Bertz CT molecular complexity index is 629. The first kappa shape index (κ1) is 16.3. The Labute approximate surface area is 130 Å². The standard InChI is InChI=1S/C14H15FN2O4S/c1-8(18)16-11-6-9(2-3-10(11)15)12(19)17-14(13(20)21)4-5-22-7-14/h2-3,6H,4-5,7H2,1H3,(H,16,18)(H,17,19)(H,20,21). The van der Waals surface area contributed by atoms with E-state index in [1.165, 1.54) is 30.8 Å². The van der Waals surface area contributed by atoms with Crippen molar-refractivity contribution in [1.29, 1.82) is 0 Å². The van der Waals surface area contributed by atoms with Crippen LogP contribution in [0.1, 0.15) is 23.7 Å². The largest absolute Gasteiger partial charge is 0.479 e. The Kier molecular flexibility index (Phi) is 4.70. The topological polar surface area (TPSA) is 95.5 Å². The highest BCUT2D eigenvalue weighted by Gasteiger charge is 2.43. The van der Waals surface area contributed by atoms with Crippen LogP contribution in [-0.2, 0) is 9.59 Å². The molecule has 0 aromatic heterocycles. The van der Waals surface area contributed by atoms with Crippen LogP contribution in [0, 0.1) is 5.82 Å². The fourth-order valence-corrected chi connectivity index (χ4v) is 3.45. The third kappa shape index (κ3) is 3.38. The number of rotatable bonds is 4. The first-order valence-corrected chi connectivity index (χ1v) is 7.70. The molecule has 118 valence electrons. The van der Waals surface area contributed by atoms with E-state index < -0.39 is 29.1 Å². The summed E-state index contributed by atoms with van der Waals surface area (Å²) in [5, 5.41) is 14.1. The second-order valence-electron chi connectivity index (χ2n) is 5.02. The zero-order valence-corrected chi connectivity index (χ0v) is 12.6. The Morgan fingerprint density at radius 2 is 2.09 bits per heavy atom. The normalized spacial score (nSPS) is 20.5. The summed E-state index contributed by atoms with van der Waals surface area (Å²) in [5.74, 6) is -1.91. The first-order chi connectivity index (χ1) is 10.3. The number of carbonyl (C=O) groups is 3. The molecular formula is C14H15FN2O4S. The molecule has 1 saturated heterocycles. The van der Waals surface area contributed by atoms with E-state index in [0.29, 0.717) is 12.2 Å². The van der Waals surface area contributed by atoms with Crippen LogP contribution in [0.5, 0.6) is 0 Å². The van der Waals surface area contributed by atoms with Gasteiger partial charge in [-0.25, -0.2) is 9.18 Å². The second kappa shape index (κ2) is 6.35. The van der Waals surface area contributed by atoms with Gasteiger partial charge in [-0.2, -0.15) is 11.8 Å². The zero-order valence-electron chi connectivity index (χ0n) is 11.8. The number of benzene rings is 1. The van der Waals surface area contributed by atoms with Gasteiger partial charge in [0.15, 0.2) is 0 Å². The minimum atomic E-state index is -1.30. The van der Waals surface area contributed by atoms with E-state index in [1.54, 1.807) is 0 Å². The van der Waals surface area contributed by atoms with Crippen LogP contribution in [0.2, 0.25) is 0 Å². The smallest absolute Gasteiger partial charge is 0.330 e. The van der Waals surface area contributed by atoms with Gasteiger partial charge >= 0.3 is 5.97 Å². The lowest BCUT2D eigenvalue weighted by Gasteiger charge is -2.24. The quantitative estimate of drug-likeness (QED) is 0.779. The van der Waals surface area contributed by atoms with E-state index in [2.05, 4.69) is 10.6 Å². The molecule has 1 aliphatic heterocycles. The predicted octanol–water partition coefficient (Wildman–Crippen LogP) is 1.47. The monoisotopic (exact) mass is 326 g/mol. The number of halogens is 1. The summed E-state index contributed by atoms with van der Waals surface area (Å²) < 4.78 is 13.6. The molecule has 0 radical (unpaired) electrons. The molecule has 6 nitrogen and oxygen atoms in total. The third-order valence-electron chi connectivity index (χ3n) is 3.32. The van der Waals surface area contributed by atoms with Gasteiger partial charge in [0.25, 0.3) is 5.91 Å². The maximum absolute atomic E-state index is 13.6. The number of nitrogens with one attached hydrogen (secondary N) is 2. The summed E-state index contributed by atoms with van der Waals surface area (Å²) in [4.78, 5) is 34.7. The molecule has 2 amide bonds. The van der Waals surface area contributed by atoms with E-state index in [-0.39, 0.29) is 17.0 Å². The minimum absolute atomic E-state index is 0.0858. The highest BCUT2D eigenvalue weighted by Crippen LogP contribution is 2.29. The van der Waals surface area contributed by atoms with Gasteiger partial charge in [0.1, 0.15) is 11.4 Å². The number of anilines is 1. The fraction of sp³-hybridized carbons (Fsp3) is 0.357. The molecule has 22 heavy (non-hydrogen) atoms. The molecular weight excluding hydrogens is 311 g/mol. The second-order valence-corrected chi connectivity index (χ2v) is 6.12. The zero-order chi connectivity index (χ0) is 16.3. The maximum Gasteiger partial charge on any atom is 0.330 e. The van der Waals surface area contributed by atoms with Crippen LogP contribution >= 0.6 is 11.8 Å². The van der Waals surface area contributed by atoms with Crippen LogP contribution in [0.25, 0.3) is 0 Å². The van der Waals surface area contributed by atoms with Gasteiger partial charge in [0.2, 0.25) is 5.91 Å². The van der Waals surface area contributed by atoms with Crippen LogP contribution < -0.4 is 10.6 Å². The summed E-state index contributed by atoms with van der Waals surface area (Å²) in [6, 6.07) is 3.48. The number of carbonyl (C=O) groups excluding carboxylic acids is 2. The molecule has 1 fully saturated rings. The summed E-state index contributed by atoms with van der Waals surface area (Å²) in [6.07, 6.45) is 0.332. The number of aliphatic carboxylic acids is 1. The van der Waals surface area contributed by atoms with Crippen molar-refractivity contribution in [3.63, 3.8) is 0 Å². The molecule has 0 bridgehead atoms. The number of hydrogen-bond donors (Lipinski definition) is 3. The number of thioether (sulfide) groups is 1. The average molecular weight is 326 g/mol. The molecule has 1 unspecified atom stereocenters. The van der Waals surface area contributed by atoms with Gasteiger partial charge in [-0.05, 0) is 30.4 Å². The maximum atomic E-state index is 13.6. The van der Waals surface area contributed by atoms with Crippen molar-refractivity contribution in [2.75, 3.05) is 16.8 Å². The van der Waals surface area contributed by atoms with Gasteiger partial charge in [0.05, 0.1) is 5.69 Å². The molecule has 2 rings (SSSR count). The first-order valence-electron chi connectivity index (χ1n) is 6.55. The van der Waals surface area contributed by atoms with Crippen LogP contribution in [0.3, 0.4) is 0 Å². The van der Waals surface area contributed by atoms with Crippen LogP contribution in [0.15, 0.2) is 18.2 Å². The number of carboxylic acid groups (broad SMARTS) is 1. The number of amides is 2. The highest BCUT2D eigenvalue weighted by atomic mass is 32.2. The van der Waals surface area contributed by atoms with E-state index >= 15 is 0 Å². The van der Waals surface area contributed by atoms with Crippen LogP contribution in [-0.4, -0.2) is 39.9 Å². The Balaban J connectivity index is 2.22. The Morgan fingerprint density at radius 1 is 1.36 bits per heavy atom. The molecule has 0 saturated carbocycles. The lowest BCUT2D eigenvalue weighted by atomic mass is 9.98. The van der Waals surface area contributed by atoms with Gasteiger partial charge in [0, 0.05) is 18.2 Å². The molecule has 8 heteroatoms. The van der Waals surface area contributed by atoms with Gasteiger partial charge < -0.3 is 15.7 Å². The summed E-state index contributed by atoms with van der Waals surface area (Å²) in [7, 11) is 0. The minimum Gasteiger partial charge on any atom is -0.479 e. The molecule has 1 atom stereocenters. The van der Waals surface area contributed by atoms with E-state index in [0.717, 1.165) is 6.07 Å². The molecule has 1 aromatic carbocycles. The predicted molar refractivity (Wildman–Crippen MR) is 80.5 cm³/mol. The van der Waals surface area contributed by atoms with E-state index in [1.807, 2.05) is 0 Å². The lowest BCUT2D eigenvalue weighted by molar-refractivity contribution is -0.143. The Morgan fingerprint density at radius 3 is 2.64 bits per heavy atom. The molecule has 0 aliphatic carbocycles. The van der Waals surface area contributed by atoms with E-state index in [9.17, 15) is 23.9 Å². The molecule has 1 aromatic rings. The van der Waals surface area contributed by atoms with Crippen molar-refractivity contribution in [2.45, 2.75) is 18.9 Å². The molecule has 1 heterocycles. The summed E-state index contributed by atoms with van der Waals surface area (Å²) >= 11 is 1.45. The van der Waals surface area contributed by atoms with Gasteiger partial charge in [-0.15, -0.1) is 0 Å². The molecule has 3 N–H and O–H groups in total. The van der Waals surface area contributed by atoms with Crippen molar-refractivity contribution in [2.24, 2.45) is 0 Å². The van der Waals surface area contributed by atoms with Crippen LogP contribution in [0.4, 0.5) is 10.1 Å². The summed E-state index contributed by atoms with van der Waals surface area (Å²) in [5.41, 5.74) is -1.34. The van der Waals surface area contributed by atoms with Crippen molar-refractivity contribution in [1.82, 2.24) is 5.32 Å². The number of hydrogen-bond acceptors (Lipinski definition) is 4. The fourth-order valence-electron chi connectivity index (χ4n) is 2.13. The lowest BCUT2D eigenvalue weighted by Crippen LogP contribution is -2.54. The summed E-state index contributed by atoms with van der Waals surface area (Å²) in [6.45, 7) is 1.22. The Hall–Kier alpha value is -2.09. The SMILES string of the molecule is CC(=O)Nc1cc(C(=O)NC2(C(=O)O)CCSC2)ccc1F.